The minimum absolute atomic E-state index is 0.499. The number of fused-ring (bicyclic) bond motifs is 1. The van der Waals surface area contributed by atoms with E-state index in [0.717, 1.165) is 11.2 Å². The molecule has 2 aromatic heterocycles. The summed E-state index contributed by atoms with van der Waals surface area (Å²) in [4.78, 5) is 16.3. The highest BCUT2D eigenvalue weighted by Crippen LogP contribution is 2.32. The molecule has 0 fully saturated rings. The van der Waals surface area contributed by atoms with Gasteiger partial charge in [0, 0.05) is 16.8 Å². The minimum Gasteiger partial charge on any atom is -0.481 e. The van der Waals surface area contributed by atoms with Gasteiger partial charge < -0.3 is 9.51 Å². The van der Waals surface area contributed by atoms with E-state index in [2.05, 4.69) is 4.98 Å². The van der Waals surface area contributed by atoms with E-state index < -0.39 is 11.9 Å². The Bertz CT molecular complexity index is 824. The molecule has 0 saturated carbocycles. The topological polar surface area (TPSA) is 54.6 Å². The van der Waals surface area contributed by atoms with Crippen LogP contribution in [0.25, 0.3) is 16.9 Å². The van der Waals surface area contributed by atoms with Crippen LogP contribution in [-0.2, 0) is 4.79 Å². The Morgan fingerprint density at radius 3 is 2.64 bits per heavy atom. The molecule has 0 spiro atoms. The molecule has 1 unspecified atom stereocenters. The Morgan fingerprint density at radius 2 is 2.00 bits per heavy atom. The van der Waals surface area contributed by atoms with Gasteiger partial charge in [-0.25, -0.2) is 4.98 Å². The van der Waals surface area contributed by atoms with Crippen LogP contribution in [-0.4, -0.2) is 20.5 Å². The number of pyridine rings is 1. The summed E-state index contributed by atoms with van der Waals surface area (Å²) in [6, 6.07) is 12.9. The second-order valence-corrected chi connectivity index (χ2v) is 5.52. The van der Waals surface area contributed by atoms with E-state index in [1.165, 1.54) is 0 Å². The van der Waals surface area contributed by atoms with Gasteiger partial charge in [-0.2, -0.15) is 0 Å². The molecule has 5 heteroatoms. The van der Waals surface area contributed by atoms with E-state index in [4.69, 9.17) is 11.6 Å². The van der Waals surface area contributed by atoms with Crippen LogP contribution in [0, 0.1) is 0 Å². The molecule has 0 aliphatic heterocycles. The van der Waals surface area contributed by atoms with E-state index in [0.29, 0.717) is 22.8 Å². The van der Waals surface area contributed by atoms with Gasteiger partial charge in [-0.15, -0.1) is 0 Å². The number of carboxylic acids is 1. The van der Waals surface area contributed by atoms with Crippen LogP contribution >= 0.6 is 11.6 Å². The first kappa shape index (κ1) is 14.6. The number of rotatable bonds is 4. The number of aromatic nitrogens is 2. The van der Waals surface area contributed by atoms with Crippen molar-refractivity contribution in [3.05, 3.63) is 59.4 Å². The van der Waals surface area contributed by atoms with E-state index in [1.54, 1.807) is 12.1 Å². The molecule has 112 valence electrons. The third kappa shape index (κ3) is 2.46. The van der Waals surface area contributed by atoms with Gasteiger partial charge in [0.2, 0.25) is 0 Å². The second kappa shape index (κ2) is 5.81. The molecule has 0 aliphatic rings. The molecule has 0 radical (unpaired) electrons. The average Bonchev–Trinajstić information content (AvgIpc) is 2.88. The zero-order valence-electron chi connectivity index (χ0n) is 12.0. The second-order valence-electron chi connectivity index (χ2n) is 5.08. The summed E-state index contributed by atoms with van der Waals surface area (Å²) in [7, 11) is 0. The zero-order chi connectivity index (χ0) is 15.7. The smallest absolute Gasteiger partial charge is 0.312 e. The lowest BCUT2D eigenvalue weighted by molar-refractivity contribution is -0.138. The first-order valence-corrected chi connectivity index (χ1v) is 7.45. The fraction of sp³-hybridized carbons (Fsp3) is 0.176. The van der Waals surface area contributed by atoms with Crippen molar-refractivity contribution in [3.63, 3.8) is 0 Å². The molecule has 0 aliphatic carbocycles. The number of hydrogen-bond donors (Lipinski definition) is 1. The van der Waals surface area contributed by atoms with Crippen LogP contribution in [0.5, 0.6) is 0 Å². The Morgan fingerprint density at radius 1 is 1.27 bits per heavy atom. The summed E-state index contributed by atoms with van der Waals surface area (Å²) in [5.74, 6) is -1.45. The maximum atomic E-state index is 11.6. The third-order valence-corrected chi connectivity index (χ3v) is 3.97. The largest absolute Gasteiger partial charge is 0.481 e. The lowest BCUT2D eigenvalue weighted by atomic mass is 9.97. The number of imidazole rings is 1. The van der Waals surface area contributed by atoms with Crippen LogP contribution in [0.1, 0.15) is 25.0 Å². The summed E-state index contributed by atoms with van der Waals surface area (Å²) < 4.78 is 1.85. The number of halogens is 1. The molecule has 1 atom stereocenters. The van der Waals surface area contributed by atoms with E-state index >= 15 is 0 Å². The van der Waals surface area contributed by atoms with Crippen LogP contribution < -0.4 is 0 Å². The summed E-state index contributed by atoms with van der Waals surface area (Å²) in [5, 5.41) is 10.2. The van der Waals surface area contributed by atoms with Crippen molar-refractivity contribution >= 4 is 23.2 Å². The van der Waals surface area contributed by atoms with Gasteiger partial charge in [0.25, 0.3) is 0 Å². The Hall–Kier alpha value is -2.33. The van der Waals surface area contributed by atoms with Crippen LogP contribution in [0.4, 0.5) is 0 Å². The van der Waals surface area contributed by atoms with Crippen molar-refractivity contribution < 1.29 is 9.90 Å². The highest BCUT2D eigenvalue weighted by atomic mass is 35.5. The maximum Gasteiger partial charge on any atom is 0.312 e. The number of aliphatic carboxylic acids is 1. The zero-order valence-corrected chi connectivity index (χ0v) is 12.8. The van der Waals surface area contributed by atoms with Crippen molar-refractivity contribution in [2.75, 3.05) is 0 Å². The van der Waals surface area contributed by atoms with Crippen LogP contribution in [0.2, 0.25) is 5.02 Å². The molecule has 3 rings (SSSR count). The summed E-state index contributed by atoms with van der Waals surface area (Å²) in [6.45, 7) is 1.87. The number of benzene rings is 1. The third-order valence-electron chi connectivity index (χ3n) is 3.72. The molecule has 22 heavy (non-hydrogen) atoms. The van der Waals surface area contributed by atoms with Gasteiger partial charge >= 0.3 is 5.97 Å². The highest BCUT2D eigenvalue weighted by Gasteiger charge is 2.26. The number of carboxylic acid groups (broad SMARTS) is 1. The number of nitrogens with zero attached hydrogens (tertiary/aromatic N) is 2. The molecular formula is C17H15ClN2O2. The Kier molecular flexibility index (Phi) is 3.86. The Balaban J connectivity index is 2.29. The van der Waals surface area contributed by atoms with Gasteiger partial charge in [-0.05, 0) is 30.7 Å². The monoisotopic (exact) mass is 314 g/mol. The van der Waals surface area contributed by atoms with Crippen LogP contribution in [0.3, 0.4) is 0 Å². The predicted molar refractivity (Wildman–Crippen MR) is 86.3 cm³/mol. The van der Waals surface area contributed by atoms with Gasteiger partial charge in [-0.3, -0.25) is 4.79 Å². The molecule has 0 amide bonds. The molecule has 0 bridgehead atoms. The predicted octanol–water partition coefficient (Wildman–Crippen LogP) is 4.23. The van der Waals surface area contributed by atoms with Crippen molar-refractivity contribution in [1.82, 2.24) is 9.38 Å². The molecule has 1 aromatic carbocycles. The molecule has 0 saturated heterocycles. The molecule has 1 N–H and O–H groups in total. The SMILES string of the molecule is CCC(C(=O)O)c1c(-c2ccc(Cl)cc2)nc2ccccn12. The van der Waals surface area contributed by atoms with Crippen molar-refractivity contribution in [3.8, 4) is 11.3 Å². The van der Waals surface area contributed by atoms with Crippen molar-refractivity contribution in [1.29, 1.82) is 0 Å². The summed E-state index contributed by atoms with van der Waals surface area (Å²) in [6.07, 6.45) is 2.35. The van der Waals surface area contributed by atoms with E-state index in [-0.39, 0.29) is 0 Å². The average molecular weight is 315 g/mol. The van der Waals surface area contributed by atoms with Gasteiger partial charge in [0.15, 0.2) is 0 Å². The lowest BCUT2D eigenvalue weighted by Crippen LogP contribution is -2.13. The Labute approximate surface area is 133 Å². The van der Waals surface area contributed by atoms with Crippen molar-refractivity contribution in [2.45, 2.75) is 19.3 Å². The normalized spacial score (nSPS) is 12.5. The lowest BCUT2D eigenvalue weighted by Gasteiger charge is -2.12. The standard InChI is InChI=1S/C17H15ClN2O2/c1-2-13(17(21)22)16-15(11-6-8-12(18)9-7-11)19-14-5-3-4-10-20(14)16/h3-10,13H,2H2,1H3,(H,21,22). The van der Waals surface area contributed by atoms with Gasteiger partial charge in [0.05, 0.1) is 17.3 Å². The van der Waals surface area contributed by atoms with Gasteiger partial charge in [0.1, 0.15) is 5.65 Å². The van der Waals surface area contributed by atoms with E-state index in [9.17, 15) is 9.90 Å². The fourth-order valence-corrected chi connectivity index (χ4v) is 2.78. The fourth-order valence-electron chi connectivity index (χ4n) is 2.65. The molecular weight excluding hydrogens is 300 g/mol. The first-order valence-electron chi connectivity index (χ1n) is 7.07. The summed E-state index contributed by atoms with van der Waals surface area (Å²) >= 11 is 5.94. The molecule has 2 heterocycles. The minimum atomic E-state index is -0.844. The maximum absolute atomic E-state index is 11.6. The van der Waals surface area contributed by atoms with Crippen LogP contribution in [0.15, 0.2) is 48.7 Å². The number of hydrogen-bond acceptors (Lipinski definition) is 2. The number of carbonyl (C=O) groups is 1. The highest BCUT2D eigenvalue weighted by molar-refractivity contribution is 6.30. The quantitative estimate of drug-likeness (QED) is 0.784. The van der Waals surface area contributed by atoms with E-state index in [1.807, 2.05) is 47.9 Å². The van der Waals surface area contributed by atoms with Gasteiger partial charge in [-0.1, -0.05) is 36.7 Å². The summed E-state index contributed by atoms with van der Waals surface area (Å²) in [5.41, 5.74) is 3.00. The molecule has 3 aromatic rings. The first-order chi connectivity index (χ1) is 10.6. The molecule has 4 nitrogen and oxygen atoms in total. The van der Waals surface area contributed by atoms with Crippen molar-refractivity contribution in [2.24, 2.45) is 0 Å².